The van der Waals surface area contributed by atoms with Gasteiger partial charge in [0.15, 0.2) is 5.75 Å². The molecule has 1 aromatic heterocycles. The van der Waals surface area contributed by atoms with Crippen LogP contribution in [0, 0.1) is 13.8 Å². The molecule has 1 heterocycles. The van der Waals surface area contributed by atoms with Gasteiger partial charge in [-0.25, -0.2) is 4.79 Å². The van der Waals surface area contributed by atoms with E-state index in [0.717, 1.165) is 16.7 Å². The summed E-state index contributed by atoms with van der Waals surface area (Å²) < 4.78 is 15.4. The minimum Gasteiger partial charge on any atom is -0.492 e. The number of aryl methyl sites for hydroxylation is 2. The highest BCUT2D eigenvalue weighted by Crippen LogP contribution is 2.32. The van der Waals surface area contributed by atoms with Crippen LogP contribution in [0.25, 0.3) is 11.3 Å². The van der Waals surface area contributed by atoms with Crippen LogP contribution in [0.5, 0.6) is 5.75 Å². The van der Waals surface area contributed by atoms with E-state index in [0.29, 0.717) is 11.5 Å². The number of hydrogen-bond donors (Lipinski definition) is 0. The van der Waals surface area contributed by atoms with Gasteiger partial charge in [0.25, 0.3) is 5.76 Å². The molecule has 0 unspecified atom stereocenters. The van der Waals surface area contributed by atoms with Crippen molar-refractivity contribution in [3.8, 4) is 17.1 Å². The van der Waals surface area contributed by atoms with Gasteiger partial charge in [-0.2, -0.15) is 0 Å². The molecule has 0 radical (unpaired) electrons. The Morgan fingerprint density at radius 2 is 1.68 bits per heavy atom. The summed E-state index contributed by atoms with van der Waals surface area (Å²) in [5.74, 6) is 0.497. The van der Waals surface area contributed by atoms with Crippen molar-refractivity contribution in [2.45, 2.75) is 13.8 Å². The van der Waals surface area contributed by atoms with Gasteiger partial charge in [-0.15, -0.1) is 0 Å². The second kappa shape index (κ2) is 5.18. The summed E-state index contributed by atoms with van der Waals surface area (Å²) in [5.41, 5.74) is 3.17. The number of benzene rings is 1. The highest BCUT2D eigenvalue weighted by molar-refractivity contribution is 5.90. The minimum absolute atomic E-state index is 0.0826. The van der Waals surface area contributed by atoms with E-state index in [2.05, 4.69) is 10.8 Å². The van der Waals surface area contributed by atoms with Crippen LogP contribution in [-0.4, -0.2) is 20.2 Å². The first-order chi connectivity index (χ1) is 9.05. The molecule has 0 aliphatic carbocycles. The predicted molar refractivity (Wildman–Crippen MR) is 71.5 cm³/mol. The molecule has 1 aromatic carbocycles. The Bertz CT molecular complexity index is 590. The van der Waals surface area contributed by atoms with E-state index >= 15 is 0 Å². The Balaban J connectivity index is 2.51. The van der Waals surface area contributed by atoms with E-state index in [-0.39, 0.29) is 5.76 Å². The van der Waals surface area contributed by atoms with Crippen LogP contribution in [0.15, 0.2) is 28.7 Å². The quantitative estimate of drug-likeness (QED) is 0.794. The predicted octanol–water partition coefficient (Wildman–Crippen LogP) is 3.36. The summed E-state index contributed by atoms with van der Waals surface area (Å²) in [4.78, 5) is 11.6. The summed E-state index contributed by atoms with van der Waals surface area (Å²) in [6.45, 7) is 4.02. The topological polar surface area (TPSA) is 48.7 Å². The van der Waals surface area contributed by atoms with E-state index < -0.39 is 5.97 Å². The Labute approximate surface area is 111 Å². The van der Waals surface area contributed by atoms with Crippen molar-refractivity contribution in [3.63, 3.8) is 0 Å². The van der Waals surface area contributed by atoms with Crippen molar-refractivity contribution in [3.05, 3.63) is 41.2 Å². The van der Waals surface area contributed by atoms with Gasteiger partial charge >= 0.3 is 5.97 Å². The lowest BCUT2D eigenvalue weighted by atomic mass is 10.1. The summed E-state index contributed by atoms with van der Waals surface area (Å²) in [5, 5.41) is 0. The van der Waals surface area contributed by atoms with E-state index in [1.807, 2.05) is 26.0 Å². The molecular weight excluding hydrogens is 244 g/mol. The lowest BCUT2D eigenvalue weighted by Crippen LogP contribution is -2.01. The highest BCUT2D eigenvalue weighted by Gasteiger charge is 2.20. The Morgan fingerprint density at radius 1 is 1.05 bits per heavy atom. The second-order valence-electron chi connectivity index (χ2n) is 4.38. The van der Waals surface area contributed by atoms with E-state index in [1.54, 1.807) is 6.07 Å². The number of hydrogen-bond acceptors (Lipinski definition) is 4. The summed E-state index contributed by atoms with van der Waals surface area (Å²) in [7, 11) is 2.79. The normalized spacial score (nSPS) is 10.3. The zero-order chi connectivity index (χ0) is 14.0. The molecule has 0 aliphatic rings. The van der Waals surface area contributed by atoms with Gasteiger partial charge in [0.05, 0.1) is 14.2 Å². The molecule has 0 saturated heterocycles. The number of ether oxygens (including phenoxy) is 2. The SMILES string of the molecule is COC(=O)c1oc(-c2cc(C)cc(C)c2)cc1OC. The lowest BCUT2D eigenvalue weighted by Gasteiger charge is -2.01. The Morgan fingerprint density at radius 3 is 2.21 bits per heavy atom. The van der Waals surface area contributed by atoms with Crippen molar-refractivity contribution in [2.24, 2.45) is 0 Å². The maximum atomic E-state index is 11.6. The summed E-state index contributed by atoms with van der Waals surface area (Å²) in [6, 6.07) is 7.75. The van der Waals surface area contributed by atoms with Crippen LogP contribution in [0.4, 0.5) is 0 Å². The molecule has 0 N–H and O–H groups in total. The third-order valence-electron chi connectivity index (χ3n) is 2.79. The first-order valence-electron chi connectivity index (χ1n) is 5.90. The molecule has 0 spiro atoms. The van der Waals surface area contributed by atoms with Gasteiger partial charge in [-0.05, 0) is 26.0 Å². The van der Waals surface area contributed by atoms with Crippen molar-refractivity contribution >= 4 is 5.97 Å². The number of carbonyl (C=O) groups excluding carboxylic acids is 1. The standard InChI is InChI=1S/C15H16O4/c1-9-5-10(2)7-11(6-9)12-8-13(17-3)14(19-12)15(16)18-4/h5-8H,1-4H3. The maximum absolute atomic E-state index is 11.6. The summed E-state index contributed by atoms with van der Waals surface area (Å²) >= 11 is 0. The van der Waals surface area contributed by atoms with Crippen molar-refractivity contribution in [2.75, 3.05) is 14.2 Å². The zero-order valence-electron chi connectivity index (χ0n) is 11.4. The molecule has 0 fully saturated rings. The average Bonchev–Trinajstić information content (AvgIpc) is 2.80. The Hall–Kier alpha value is -2.23. The summed E-state index contributed by atoms with van der Waals surface area (Å²) in [6.07, 6.45) is 0. The molecular formula is C15H16O4. The number of esters is 1. The van der Waals surface area contributed by atoms with Crippen molar-refractivity contribution in [1.82, 2.24) is 0 Å². The molecule has 0 amide bonds. The molecule has 2 rings (SSSR count). The fourth-order valence-corrected chi connectivity index (χ4v) is 2.02. The molecule has 0 aliphatic heterocycles. The number of carbonyl (C=O) groups is 1. The number of methoxy groups -OCH3 is 2. The van der Waals surface area contributed by atoms with Crippen LogP contribution in [0.3, 0.4) is 0 Å². The van der Waals surface area contributed by atoms with E-state index in [4.69, 9.17) is 9.15 Å². The van der Waals surface area contributed by atoms with Crippen LogP contribution in [0.2, 0.25) is 0 Å². The minimum atomic E-state index is -0.549. The number of rotatable bonds is 3. The van der Waals surface area contributed by atoms with Gasteiger partial charge in [-0.1, -0.05) is 17.2 Å². The van der Waals surface area contributed by atoms with Crippen molar-refractivity contribution < 1.29 is 18.7 Å². The van der Waals surface area contributed by atoms with E-state index in [9.17, 15) is 4.79 Å². The molecule has 19 heavy (non-hydrogen) atoms. The molecule has 0 atom stereocenters. The van der Waals surface area contributed by atoms with Gasteiger partial charge in [0.1, 0.15) is 5.76 Å². The first kappa shape index (κ1) is 13.2. The van der Waals surface area contributed by atoms with Crippen LogP contribution >= 0.6 is 0 Å². The fraction of sp³-hybridized carbons (Fsp3) is 0.267. The van der Waals surface area contributed by atoms with Gasteiger partial charge in [-0.3, -0.25) is 0 Å². The highest BCUT2D eigenvalue weighted by atomic mass is 16.5. The first-order valence-corrected chi connectivity index (χ1v) is 5.90. The molecule has 4 nitrogen and oxygen atoms in total. The van der Waals surface area contributed by atoms with Crippen LogP contribution in [0.1, 0.15) is 21.7 Å². The molecule has 2 aromatic rings. The Kier molecular flexibility index (Phi) is 3.60. The molecule has 0 saturated carbocycles. The number of furan rings is 1. The van der Waals surface area contributed by atoms with E-state index in [1.165, 1.54) is 14.2 Å². The monoisotopic (exact) mass is 260 g/mol. The van der Waals surface area contributed by atoms with Gasteiger partial charge in [0.2, 0.25) is 0 Å². The lowest BCUT2D eigenvalue weighted by molar-refractivity contribution is 0.0561. The molecule has 100 valence electrons. The van der Waals surface area contributed by atoms with Gasteiger partial charge in [0, 0.05) is 11.6 Å². The maximum Gasteiger partial charge on any atom is 0.377 e. The third-order valence-corrected chi connectivity index (χ3v) is 2.79. The fourth-order valence-electron chi connectivity index (χ4n) is 2.02. The molecule has 0 bridgehead atoms. The second-order valence-corrected chi connectivity index (χ2v) is 4.38. The average molecular weight is 260 g/mol. The third kappa shape index (κ3) is 2.62. The molecule has 4 heteroatoms. The zero-order valence-corrected chi connectivity index (χ0v) is 11.4. The largest absolute Gasteiger partial charge is 0.492 e. The smallest absolute Gasteiger partial charge is 0.377 e. The van der Waals surface area contributed by atoms with Gasteiger partial charge < -0.3 is 13.9 Å². The van der Waals surface area contributed by atoms with Crippen molar-refractivity contribution in [1.29, 1.82) is 0 Å². The van der Waals surface area contributed by atoms with Crippen LogP contribution in [-0.2, 0) is 4.74 Å². The van der Waals surface area contributed by atoms with Crippen LogP contribution < -0.4 is 4.74 Å².